The summed E-state index contributed by atoms with van der Waals surface area (Å²) in [6.45, 7) is 7.19. The topological polar surface area (TPSA) is 73.6 Å². The minimum absolute atomic E-state index is 0.0471. The number of anilines is 1. The number of ether oxygens (including phenoxy) is 2. The fourth-order valence-electron chi connectivity index (χ4n) is 4.12. The standard InChI is InChI=1S/C18H25ClN2O3/c1-4-23-14-8-7-11(10-13(14)19)21-16(22)18(20)12-6-5-9-24-15(12)17(18,2)3/h7-8,10,12,15H,4-6,9,20H2,1-3H3,(H,21,22). The Kier molecular flexibility index (Phi) is 4.53. The van der Waals surface area contributed by atoms with Crippen LogP contribution in [0, 0.1) is 11.3 Å². The molecule has 1 aliphatic carbocycles. The van der Waals surface area contributed by atoms with Gasteiger partial charge in [0.2, 0.25) is 5.91 Å². The molecule has 24 heavy (non-hydrogen) atoms. The van der Waals surface area contributed by atoms with Gasteiger partial charge in [-0.25, -0.2) is 0 Å². The van der Waals surface area contributed by atoms with E-state index in [0.717, 1.165) is 19.4 Å². The first-order valence-corrected chi connectivity index (χ1v) is 8.84. The van der Waals surface area contributed by atoms with Gasteiger partial charge in [-0.15, -0.1) is 0 Å². The van der Waals surface area contributed by atoms with E-state index in [1.807, 2.05) is 20.8 Å². The van der Waals surface area contributed by atoms with E-state index >= 15 is 0 Å². The van der Waals surface area contributed by atoms with Crippen molar-refractivity contribution in [1.82, 2.24) is 0 Å². The number of hydrogen-bond acceptors (Lipinski definition) is 4. The van der Waals surface area contributed by atoms with Crippen LogP contribution in [-0.2, 0) is 9.53 Å². The molecule has 3 atom stereocenters. The van der Waals surface area contributed by atoms with Gasteiger partial charge in [0.05, 0.1) is 17.7 Å². The number of nitrogens with one attached hydrogen (secondary N) is 1. The van der Waals surface area contributed by atoms with E-state index in [-0.39, 0.29) is 17.9 Å². The van der Waals surface area contributed by atoms with Crippen LogP contribution in [0.25, 0.3) is 0 Å². The fraction of sp³-hybridized carbons (Fsp3) is 0.611. The summed E-state index contributed by atoms with van der Waals surface area (Å²) in [5.41, 5.74) is 5.87. The number of rotatable bonds is 4. The van der Waals surface area contributed by atoms with E-state index in [9.17, 15) is 4.79 Å². The Morgan fingerprint density at radius 3 is 2.92 bits per heavy atom. The van der Waals surface area contributed by atoms with Crippen LogP contribution in [0.15, 0.2) is 18.2 Å². The van der Waals surface area contributed by atoms with E-state index < -0.39 is 11.0 Å². The Morgan fingerprint density at radius 1 is 1.50 bits per heavy atom. The molecule has 0 radical (unpaired) electrons. The first kappa shape index (κ1) is 17.5. The highest BCUT2D eigenvalue weighted by molar-refractivity contribution is 6.32. The lowest BCUT2D eigenvalue weighted by Gasteiger charge is -2.65. The number of fused-ring (bicyclic) bond motifs is 1. The van der Waals surface area contributed by atoms with Crippen LogP contribution in [0.4, 0.5) is 5.69 Å². The minimum atomic E-state index is -0.941. The van der Waals surface area contributed by atoms with Crippen LogP contribution in [0.5, 0.6) is 5.75 Å². The van der Waals surface area contributed by atoms with Gasteiger partial charge in [0.25, 0.3) is 0 Å². The second-order valence-corrected chi connectivity index (χ2v) is 7.57. The normalized spacial score (nSPS) is 30.9. The van der Waals surface area contributed by atoms with Crippen molar-refractivity contribution in [3.8, 4) is 5.75 Å². The molecule has 2 aliphatic rings. The van der Waals surface area contributed by atoms with Gasteiger partial charge in [-0.2, -0.15) is 0 Å². The molecule has 3 unspecified atom stereocenters. The zero-order chi connectivity index (χ0) is 17.5. The maximum atomic E-state index is 12.9. The van der Waals surface area contributed by atoms with Gasteiger partial charge in [0.1, 0.15) is 11.3 Å². The molecule has 1 aromatic rings. The Bertz CT molecular complexity index is 649. The summed E-state index contributed by atoms with van der Waals surface area (Å²) in [7, 11) is 0. The summed E-state index contributed by atoms with van der Waals surface area (Å²) < 4.78 is 11.3. The van der Waals surface area contributed by atoms with Crippen molar-refractivity contribution < 1.29 is 14.3 Å². The van der Waals surface area contributed by atoms with Gasteiger partial charge in [0, 0.05) is 23.6 Å². The van der Waals surface area contributed by atoms with E-state index in [1.165, 1.54) is 0 Å². The SMILES string of the molecule is CCOc1ccc(NC(=O)C2(N)C3CCCOC3C2(C)C)cc1Cl. The quantitative estimate of drug-likeness (QED) is 0.872. The van der Waals surface area contributed by atoms with E-state index in [0.29, 0.717) is 23.1 Å². The van der Waals surface area contributed by atoms with Crippen molar-refractivity contribution in [3.63, 3.8) is 0 Å². The Morgan fingerprint density at radius 2 is 2.25 bits per heavy atom. The largest absolute Gasteiger partial charge is 0.492 e. The number of benzene rings is 1. The van der Waals surface area contributed by atoms with Crippen LogP contribution >= 0.6 is 11.6 Å². The van der Waals surface area contributed by atoms with Gasteiger partial charge < -0.3 is 20.5 Å². The van der Waals surface area contributed by atoms with Gasteiger partial charge in [-0.05, 0) is 38.0 Å². The van der Waals surface area contributed by atoms with Crippen molar-refractivity contribution in [3.05, 3.63) is 23.2 Å². The molecule has 1 heterocycles. The van der Waals surface area contributed by atoms with Gasteiger partial charge >= 0.3 is 0 Å². The predicted molar refractivity (Wildman–Crippen MR) is 94.4 cm³/mol. The molecule has 1 saturated carbocycles. The molecule has 3 N–H and O–H groups in total. The summed E-state index contributed by atoms with van der Waals surface area (Å²) in [5, 5.41) is 3.39. The molecule has 1 amide bonds. The third-order valence-electron chi connectivity index (χ3n) is 5.55. The molecule has 1 aliphatic heterocycles. The molecule has 132 valence electrons. The number of carbonyl (C=O) groups is 1. The molecular formula is C18H25ClN2O3. The highest BCUT2D eigenvalue weighted by Crippen LogP contribution is 2.57. The van der Waals surface area contributed by atoms with Crippen LogP contribution in [0.2, 0.25) is 5.02 Å². The lowest BCUT2D eigenvalue weighted by molar-refractivity contribution is -0.222. The lowest BCUT2D eigenvalue weighted by atomic mass is 9.46. The van der Waals surface area contributed by atoms with E-state index in [4.69, 9.17) is 26.8 Å². The van der Waals surface area contributed by atoms with Crippen molar-refractivity contribution in [2.75, 3.05) is 18.5 Å². The first-order valence-electron chi connectivity index (χ1n) is 8.46. The van der Waals surface area contributed by atoms with Crippen molar-refractivity contribution in [2.24, 2.45) is 17.1 Å². The summed E-state index contributed by atoms with van der Waals surface area (Å²) in [6.07, 6.45) is 1.91. The second-order valence-electron chi connectivity index (χ2n) is 7.16. The number of hydrogen-bond donors (Lipinski definition) is 2. The second kappa shape index (κ2) is 6.21. The summed E-state index contributed by atoms with van der Waals surface area (Å²) in [6, 6.07) is 5.22. The van der Waals surface area contributed by atoms with E-state index in [2.05, 4.69) is 5.32 Å². The van der Waals surface area contributed by atoms with Gasteiger partial charge in [0.15, 0.2) is 0 Å². The lowest BCUT2D eigenvalue weighted by Crippen LogP contribution is -2.81. The smallest absolute Gasteiger partial charge is 0.245 e. The van der Waals surface area contributed by atoms with Gasteiger partial charge in [-0.1, -0.05) is 25.4 Å². The monoisotopic (exact) mass is 352 g/mol. The fourth-order valence-corrected chi connectivity index (χ4v) is 4.36. The highest BCUT2D eigenvalue weighted by Gasteiger charge is 2.70. The average Bonchev–Trinajstić information content (AvgIpc) is 2.56. The highest BCUT2D eigenvalue weighted by atomic mass is 35.5. The zero-order valence-corrected chi connectivity index (χ0v) is 15.2. The predicted octanol–water partition coefficient (Wildman–Crippen LogP) is 3.21. The number of amides is 1. The molecule has 5 nitrogen and oxygen atoms in total. The van der Waals surface area contributed by atoms with Crippen LogP contribution in [-0.4, -0.2) is 30.8 Å². The molecule has 0 bridgehead atoms. The zero-order valence-electron chi connectivity index (χ0n) is 14.4. The van der Waals surface area contributed by atoms with Crippen LogP contribution < -0.4 is 15.8 Å². The maximum Gasteiger partial charge on any atom is 0.245 e. The maximum absolute atomic E-state index is 12.9. The van der Waals surface area contributed by atoms with E-state index in [1.54, 1.807) is 18.2 Å². The van der Waals surface area contributed by atoms with Crippen molar-refractivity contribution >= 4 is 23.2 Å². The molecule has 3 rings (SSSR count). The first-order chi connectivity index (χ1) is 11.3. The van der Waals surface area contributed by atoms with Crippen molar-refractivity contribution in [2.45, 2.75) is 45.3 Å². The number of halogens is 1. The van der Waals surface area contributed by atoms with Gasteiger partial charge in [-0.3, -0.25) is 4.79 Å². The van der Waals surface area contributed by atoms with Crippen LogP contribution in [0.3, 0.4) is 0 Å². The molecular weight excluding hydrogens is 328 g/mol. The summed E-state index contributed by atoms with van der Waals surface area (Å²) >= 11 is 6.19. The third-order valence-corrected chi connectivity index (χ3v) is 5.85. The number of nitrogens with two attached hydrogens (primary N) is 1. The molecule has 0 aromatic heterocycles. The molecule has 6 heteroatoms. The number of carbonyl (C=O) groups excluding carboxylic acids is 1. The summed E-state index contributed by atoms with van der Waals surface area (Å²) in [5.74, 6) is 0.475. The molecule has 1 saturated heterocycles. The Labute approximate surface area is 147 Å². The Balaban J connectivity index is 1.78. The van der Waals surface area contributed by atoms with Crippen molar-refractivity contribution in [1.29, 1.82) is 0 Å². The minimum Gasteiger partial charge on any atom is -0.492 e. The average molecular weight is 353 g/mol. The molecule has 2 fully saturated rings. The summed E-state index contributed by atoms with van der Waals surface area (Å²) in [4.78, 5) is 12.9. The Hall–Kier alpha value is -1.30. The van der Waals surface area contributed by atoms with Crippen LogP contribution in [0.1, 0.15) is 33.6 Å². The third kappa shape index (κ3) is 2.50. The molecule has 1 aromatic carbocycles. The molecule has 0 spiro atoms.